The van der Waals surface area contributed by atoms with Gasteiger partial charge in [0.2, 0.25) is 0 Å². The Balaban J connectivity index is 4.48. The molecule has 0 spiro atoms. The Morgan fingerprint density at radius 2 is 0.696 bits per heavy atom. The van der Waals surface area contributed by atoms with Crippen molar-refractivity contribution in [2.24, 2.45) is 0 Å². The van der Waals surface area contributed by atoms with Gasteiger partial charge in [-0.15, -0.1) is 9.05 Å². The molecule has 0 amide bonds. The van der Waals surface area contributed by atoms with Gasteiger partial charge in [0.15, 0.2) is 0 Å². The second-order valence-corrected chi connectivity index (χ2v) is 22.9. The van der Waals surface area contributed by atoms with Crippen molar-refractivity contribution in [2.75, 3.05) is 46.0 Å². The summed E-state index contributed by atoms with van der Waals surface area (Å²) in [5.74, 6) is 1.19. The molecule has 0 heterocycles. The van der Waals surface area contributed by atoms with Crippen LogP contribution in [0.5, 0.6) is 0 Å². The van der Waals surface area contributed by atoms with Crippen molar-refractivity contribution in [3.63, 3.8) is 0 Å². The summed E-state index contributed by atoms with van der Waals surface area (Å²) in [7, 11) is -17.4. The van der Waals surface area contributed by atoms with E-state index in [-0.39, 0.29) is 71.7 Å². The average Bonchev–Trinajstić information content (AvgIpc) is 2.82. The minimum absolute atomic E-state index is 0.123. The molecule has 0 aromatic carbocycles. The van der Waals surface area contributed by atoms with Gasteiger partial charge in [-0.25, -0.2) is 9.13 Å². The number of hydrogen-bond acceptors (Lipinski definition) is 11. The summed E-state index contributed by atoms with van der Waals surface area (Å²) in [6.07, 6.45) is 0.812. The van der Waals surface area contributed by atoms with E-state index in [1.165, 1.54) is 27.7 Å². The molecule has 15 nitrogen and oxygen atoms in total. The highest BCUT2D eigenvalue weighted by Crippen LogP contribution is 2.43. The van der Waals surface area contributed by atoms with E-state index in [1.807, 2.05) is 0 Å². The Kier molecular flexibility index (Phi) is 20.4. The van der Waals surface area contributed by atoms with E-state index in [2.05, 4.69) is 9.05 Å². The van der Waals surface area contributed by atoms with Crippen LogP contribution >= 0.6 is 23.9 Å². The summed E-state index contributed by atoms with van der Waals surface area (Å²) in [4.78, 5) is 35.8. The highest BCUT2D eigenvalue weighted by molar-refractivity contribution is 7.89. The second kappa shape index (κ2) is 20.0. The maximum absolute atomic E-state index is 12.6. The lowest BCUT2D eigenvalue weighted by molar-refractivity contribution is 0.0425. The van der Waals surface area contributed by atoms with Gasteiger partial charge in [-0.05, 0) is 81.1 Å². The van der Waals surface area contributed by atoms with Gasteiger partial charge >= 0.3 is 23.9 Å². The minimum atomic E-state index is -4.68. The lowest BCUT2D eigenvalue weighted by Gasteiger charge is -2.24. The van der Waals surface area contributed by atoms with E-state index in [0.717, 1.165) is 0 Å². The molecule has 0 aromatic heterocycles. The van der Waals surface area contributed by atoms with E-state index >= 15 is 0 Å². The van der Waals surface area contributed by atoms with Crippen LogP contribution in [0, 0.1) is 0 Å². The first-order chi connectivity index (χ1) is 20.5. The van der Waals surface area contributed by atoms with Gasteiger partial charge in [-0.1, -0.05) is 0 Å². The Morgan fingerprint density at radius 3 is 0.913 bits per heavy atom. The van der Waals surface area contributed by atoms with Gasteiger partial charge < -0.3 is 19.6 Å². The molecule has 4 unspecified atom stereocenters. The first-order valence-corrected chi connectivity index (χ1v) is 24.4. The van der Waals surface area contributed by atoms with Crippen molar-refractivity contribution in [1.29, 1.82) is 0 Å². The summed E-state index contributed by atoms with van der Waals surface area (Å²) < 4.78 is 105. The van der Waals surface area contributed by atoms with Gasteiger partial charge in [-0.3, -0.25) is 25.9 Å². The lowest BCUT2D eigenvalue weighted by Crippen LogP contribution is -2.29. The zero-order valence-corrected chi connectivity index (χ0v) is 33.7. The molecule has 4 N–H and O–H groups in total. The lowest BCUT2D eigenvalue weighted by atomic mass is 10.1. The van der Waals surface area contributed by atoms with E-state index < -0.39 is 89.5 Å². The molecule has 0 saturated carbocycles. The van der Waals surface area contributed by atoms with Crippen LogP contribution in [0.2, 0.25) is 0 Å². The molecule has 0 aliphatic heterocycles. The molecule has 0 aromatic rings. The maximum Gasteiger partial charge on any atom is 0.698 e. The molecule has 46 heavy (non-hydrogen) atoms. The van der Waals surface area contributed by atoms with Crippen LogP contribution in [0.1, 0.15) is 81.1 Å². The second-order valence-electron chi connectivity index (χ2n) is 13.0. The molecule has 0 aliphatic carbocycles. The molecule has 0 bridgehead atoms. The molecule has 0 saturated heterocycles. The predicted molar refractivity (Wildman–Crippen MR) is 182 cm³/mol. The summed E-state index contributed by atoms with van der Waals surface area (Å²) in [6.45, 7) is 12.6. The predicted octanol–water partition coefficient (Wildman–Crippen LogP) is 3.57. The Hall–Kier alpha value is 0.840. The summed E-state index contributed by atoms with van der Waals surface area (Å²) in [5, 5.41) is 0. The molecule has 0 fully saturated rings. The molecular formula is C24H52O15P3S4+. The zero-order valence-electron chi connectivity index (χ0n) is 27.7. The van der Waals surface area contributed by atoms with Crippen molar-refractivity contribution in [3.05, 3.63) is 0 Å². The number of phosphoric acid groups is 2. The quantitative estimate of drug-likeness (QED) is 0.0915. The Morgan fingerprint density at radius 1 is 0.478 bits per heavy atom. The fourth-order valence-corrected chi connectivity index (χ4v) is 12.6. The third-order valence-electron chi connectivity index (χ3n) is 6.18. The first kappa shape index (κ1) is 46.8. The average molecular weight is 802 g/mol. The standard InChI is InChI=1S/C24H51O15P3S4/c1-21(2,9-13-43(32)17-19-45(34)15-11-23(5,6)38-41(26,27)28)36-40(25)37-22(3,4)10-14-44(33)18-20-46(35)16-12-24(7,8)39-42(29,30)31/h9-20H2,1-8H3,(H3-,26,27,28,29,30,31)/p+1. The normalized spacial score (nSPS) is 17.0. The van der Waals surface area contributed by atoms with Crippen LogP contribution in [0.15, 0.2) is 0 Å². The van der Waals surface area contributed by atoms with Crippen LogP contribution in [-0.4, -0.2) is 105 Å². The fourth-order valence-electron chi connectivity index (χ4n) is 3.47. The van der Waals surface area contributed by atoms with Crippen LogP contribution in [0.4, 0.5) is 0 Å². The van der Waals surface area contributed by atoms with Crippen molar-refractivity contribution in [1.82, 2.24) is 0 Å². The molecule has 0 radical (unpaired) electrons. The van der Waals surface area contributed by atoms with Crippen molar-refractivity contribution < 1.29 is 68.2 Å². The molecule has 276 valence electrons. The van der Waals surface area contributed by atoms with Gasteiger partial charge in [0, 0.05) is 93.8 Å². The maximum atomic E-state index is 12.6. The van der Waals surface area contributed by atoms with E-state index in [9.17, 15) is 30.5 Å². The number of hydrogen-bond donors (Lipinski definition) is 4. The molecular weight excluding hydrogens is 749 g/mol. The van der Waals surface area contributed by atoms with Gasteiger partial charge in [0.05, 0.1) is 11.2 Å². The first-order valence-electron chi connectivity index (χ1n) is 14.3. The zero-order chi connectivity index (χ0) is 36.2. The topological polar surface area (TPSA) is 237 Å². The molecule has 0 rings (SSSR count). The van der Waals surface area contributed by atoms with Gasteiger partial charge in [-0.2, -0.15) is 0 Å². The number of phosphoric ester groups is 2. The third-order valence-corrected chi connectivity index (χ3v) is 14.7. The largest absolute Gasteiger partial charge is 0.698 e. The van der Waals surface area contributed by atoms with E-state index in [1.54, 1.807) is 27.7 Å². The molecule has 22 heteroatoms. The molecule has 0 aliphatic rings. The SMILES string of the molecule is CC(C)(CCS(=O)CCS(=O)CCC(C)(C)OP(=O)(O)O)O[P+](=O)OC(C)(C)CCS(=O)CCS(=O)CCC(C)(C)OP(=O)(O)O. The van der Waals surface area contributed by atoms with Crippen molar-refractivity contribution in [2.45, 2.75) is 103 Å². The van der Waals surface area contributed by atoms with Gasteiger partial charge in [0.25, 0.3) is 0 Å². The highest BCUT2D eigenvalue weighted by Gasteiger charge is 2.40. The smallest absolute Gasteiger partial charge is 0.303 e. The van der Waals surface area contributed by atoms with Crippen molar-refractivity contribution >= 4 is 67.1 Å². The number of rotatable bonds is 26. The van der Waals surface area contributed by atoms with E-state index in [4.69, 9.17) is 28.6 Å². The van der Waals surface area contributed by atoms with Gasteiger partial charge in [0.1, 0.15) is 11.2 Å². The highest BCUT2D eigenvalue weighted by atomic mass is 32.2. The van der Waals surface area contributed by atoms with Crippen molar-refractivity contribution in [3.8, 4) is 0 Å². The summed E-state index contributed by atoms with van der Waals surface area (Å²) in [5.41, 5.74) is -4.26. The van der Waals surface area contributed by atoms with E-state index in [0.29, 0.717) is 0 Å². The van der Waals surface area contributed by atoms with Crippen LogP contribution in [0.3, 0.4) is 0 Å². The monoisotopic (exact) mass is 801 g/mol. The summed E-state index contributed by atoms with van der Waals surface area (Å²) >= 11 is 0. The van der Waals surface area contributed by atoms with Crippen LogP contribution in [-0.2, 0) is 75.0 Å². The third kappa shape index (κ3) is 26.7. The Labute approximate surface area is 283 Å². The molecule has 4 atom stereocenters. The summed E-state index contributed by atoms with van der Waals surface area (Å²) in [6, 6.07) is 0. The fraction of sp³-hybridized carbons (Fsp3) is 1.00. The Bertz CT molecular complexity index is 1090. The van der Waals surface area contributed by atoms with Crippen LogP contribution < -0.4 is 0 Å². The minimum Gasteiger partial charge on any atom is -0.303 e. The van der Waals surface area contributed by atoms with Crippen LogP contribution in [0.25, 0.3) is 0 Å².